The molecule has 25 nitrogen and oxygen atoms in total. The fourth-order valence-corrected chi connectivity index (χ4v) is 15.2. The zero-order chi connectivity index (χ0) is 57.3. The monoisotopic (exact) mass is 1140 g/mol. The van der Waals surface area contributed by atoms with Crippen molar-refractivity contribution < 1.29 is 123 Å². The Bertz CT molecular complexity index is 2070. The highest BCUT2D eigenvalue weighted by atomic mass is 16.8. The fourth-order valence-electron chi connectivity index (χ4n) is 15.2. The van der Waals surface area contributed by atoms with Gasteiger partial charge in [0.05, 0.1) is 55.9 Å². The summed E-state index contributed by atoms with van der Waals surface area (Å²) in [4.78, 5) is 11.9. The van der Waals surface area contributed by atoms with E-state index in [-0.39, 0.29) is 28.8 Å². The molecule has 454 valence electrons. The molecule has 0 bridgehead atoms. The van der Waals surface area contributed by atoms with Crippen molar-refractivity contribution in [3.63, 3.8) is 0 Å². The molecule has 0 aromatic carbocycles. The van der Waals surface area contributed by atoms with Gasteiger partial charge in [0, 0.05) is 26.4 Å². The Balaban J connectivity index is 0.823. The van der Waals surface area contributed by atoms with Crippen molar-refractivity contribution in [1.29, 1.82) is 0 Å². The van der Waals surface area contributed by atoms with E-state index in [9.17, 15) is 66.1 Å². The third kappa shape index (κ3) is 11.9. The predicted molar refractivity (Wildman–Crippen MR) is 266 cm³/mol. The number of esters is 1. The highest BCUT2D eigenvalue weighted by molar-refractivity contribution is 5.66. The van der Waals surface area contributed by atoms with Crippen LogP contribution < -0.4 is 0 Å². The fraction of sp³-hybridized carbons (Fsp3) is 0.944. The standard InChI is InChI=1S/C54H88O25/c1-20(71-51-48(43(65)37(59)21(2)72-51)79-50-45(67)41(63)39(61)33(77-50)19-69-49-44(66)40(62)38(60)32(18-55)76-49)35-30(57)16-29-27-10-9-25-15-26(11-13-53(25,6)28(27)12-14-54(29,35)7)75-34-17-31(68-8)46(23(4)70-34)78-52-47(74-24(5)56)42(64)36(58)22(3)73-52/h9,20-23,26-52,55,57-67H,10-19H2,1-8H3/t20-,21+,22+,23+,26-,27+,28-,29+,30+,31-,32+,33+,34-,35-,36+,37+,38+,39+,40-,41-,42+,43+,44+,45+,46+,47-,48+,49+,50-,51+,52-,53-,54-/m0/s1. The Morgan fingerprint density at radius 1 is 0.658 bits per heavy atom. The highest BCUT2D eigenvalue weighted by Crippen LogP contribution is 2.67. The van der Waals surface area contributed by atoms with Crippen LogP contribution in [0.2, 0.25) is 0 Å². The number of rotatable bonds is 15. The zero-order valence-electron chi connectivity index (χ0n) is 46.2. The maximum absolute atomic E-state index is 12.1. The number of allylic oxidation sites excluding steroid dienone is 1. The first-order chi connectivity index (χ1) is 37.3. The number of aliphatic hydroxyl groups is 12. The van der Waals surface area contributed by atoms with Gasteiger partial charge in [-0.15, -0.1) is 0 Å². The first-order valence-electron chi connectivity index (χ1n) is 28.3. The van der Waals surface area contributed by atoms with Gasteiger partial charge in [0.1, 0.15) is 85.5 Å². The molecule has 79 heavy (non-hydrogen) atoms. The first kappa shape index (κ1) is 61.8. The molecule has 5 saturated heterocycles. The van der Waals surface area contributed by atoms with Crippen LogP contribution in [0.15, 0.2) is 11.6 Å². The Morgan fingerprint density at radius 2 is 1.28 bits per heavy atom. The Labute approximate surface area is 459 Å². The molecule has 0 amide bonds. The van der Waals surface area contributed by atoms with Crippen LogP contribution in [0, 0.1) is 34.5 Å². The summed E-state index contributed by atoms with van der Waals surface area (Å²) < 4.78 is 72.3. The quantitative estimate of drug-likeness (QED) is 0.0608. The number of carbonyl (C=O) groups is 1. The summed E-state index contributed by atoms with van der Waals surface area (Å²) in [6, 6.07) is 0. The van der Waals surface area contributed by atoms with Crippen LogP contribution in [0.4, 0.5) is 0 Å². The van der Waals surface area contributed by atoms with Crippen molar-refractivity contribution in [3.8, 4) is 0 Å². The van der Waals surface area contributed by atoms with Gasteiger partial charge in [-0.2, -0.15) is 0 Å². The van der Waals surface area contributed by atoms with Gasteiger partial charge in [-0.3, -0.25) is 4.79 Å². The lowest BCUT2D eigenvalue weighted by Crippen LogP contribution is -2.65. The van der Waals surface area contributed by atoms with Crippen LogP contribution in [0.5, 0.6) is 0 Å². The Hall–Kier alpha value is -1.71. The lowest BCUT2D eigenvalue weighted by molar-refractivity contribution is -0.375. The average molecular weight is 1140 g/mol. The number of fused-ring (bicyclic) bond motifs is 5. The van der Waals surface area contributed by atoms with E-state index in [2.05, 4.69) is 19.9 Å². The summed E-state index contributed by atoms with van der Waals surface area (Å²) in [5.74, 6) is -0.318. The predicted octanol–water partition coefficient (Wildman–Crippen LogP) is -2.26. The number of methoxy groups -OCH3 is 1. The minimum Gasteiger partial charge on any atom is -0.454 e. The molecule has 33 atom stereocenters. The largest absolute Gasteiger partial charge is 0.454 e. The van der Waals surface area contributed by atoms with Crippen LogP contribution in [0.3, 0.4) is 0 Å². The smallest absolute Gasteiger partial charge is 0.303 e. The molecule has 4 aliphatic carbocycles. The van der Waals surface area contributed by atoms with Crippen molar-refractivity contribution in [2.45, 2.75) is 266 Å². The molecule has 12 N–H and O–H groups in total. The van der Waals surface area contributed by atoms with Gasteiger partial charge in [0.2, 0.25) is 0 Å². The minimum atomic E-state index is -1.90. The van der Waals surface area contributed by atoms with Crippen molar-refractivity contribution >= 4 is 5.97 Å². The highest BCUT2D eigenvalue weighted by Gasteiger charge is 2.63. The molecule has 5 heterocycles. The van der Waals surface area contributed by atoms with Crippen LogP contribution in [-0.2, 0) is 61.6 Å². The molecule has 0 aromatic rings. The summed E-state index contributed by atoms with van der Waals surface area (Å²) >= 11 is 0. The summed E-state index contributed by atoms with van der Waals surface area (Å²) in [5, 5.41) is 129. The minimum absolute atomic E-state index is 0.105. The summed E-state index contributed by atoms with van der Waals surface area (Å²) in [6.07, 6.45) is -25.6. The normalized spacial score (nSPS) is 53.5. The van der Waals surface area contributed by atoms with E-state index in [1.807, 2.05) is 13.8 Å². The van der Waals surface area contributed by atoms with Crippen molar-refractivity contribution in [3.05, 3.63) is 11.6 Å². The van der Waals surface area contributed by atoms with Gasteiger partial charge >= 0.3 is 5.97 Å². The van der Waals surface area contributed by atoms with Gasteiger partial charge in [-0.25, -0.2) is 0 Å². The molecule has 5 aliphatic heterocycles. The maximum Gasteiger partial charge on any atom is 0.303 e. The van der Waals surface area contributed by atoms with E-state index in [1.165, 1.54) is 12.5 Å². The van der Waals surface area contributed by atoms with Crippen molar-refractivity contribution in [2.24, 2.45) is 34.5 Å². The molecule has 0 spiro atoms. The van der Waals surface area contributed by atoms with Crippen molar-refractivity contribution in [1.82, 2.24) is 0 Å². The topological polar surface area (TPSA) is 371 Å². The number of hydrogen-bond acceptors (Lipinski definition) is 25. The van der Waals surface area contributed by atoms with Gasteiger partial charge in [0.25, 0.3) is 0 Å². The van der Waals surface area contributed by atoms with Gasteiger partial charge in [0.15, 0.2) is 37.6 Å². The van der Waals surface area contributed by atoms with Crippen LogP contribution in [-0.4, -0.2) is 253 Å². The Kier molecular flexibility index (Phi) is 19.3. The molecule has 3 saturated carbocycles. The lowest BCUT2D eigenvalue weighted by atomic mass is 9.47. The van der Waals surface area contributed by atoms with E-state index in [0.29, 0.717) is 18.8 Å². The molecule has 0 unspecified atom stereocenters. The average Bonchev–Trinajstić information content (AvgIpc) is 3.77. The van der Waals surface area contributed by atoms with E-state index in [0.717, 1.165) is 38.5 Å². The molecule has 25 heteroatoms. The molecule has 0 radical (unpaired) electrons. The lowest BCUT2D eigenvalue weighted by Gasteiger charge is -2.58. The number of aliphatic hydroxyl groups excluding tert-OH is 12. The number of hydrogen-bond donors (Lipinski definition) is 12. The van der Waals surface area contributed by atoms with E-state index in [1.54, 1.807) is 21.0 Å². The van der Waals surface area contributed by atoms with Gasteiger partial charge in [-0.05, 0) is 101 Å². The third-order valence-electron chi connectivity index (χ3n) is 19.7. The van der Waals surface area contributed by atoms with Crippen LogP contribution >= 0.6 is 0 Å². The van der Waals surface area contributed by atoms with E-state index < -0.39 is 185 Å². The Morgan fingerprint density at radius 3 is 1.94 bits per heavy atom. The number of ether oxygens (including phenoxy) is 12. The zero-order valence-corrected chi connectivity index (χ0v) is 46.2. The SMILES string of the molecule is CO[C@H]1C[C@H](O[C@H]2CC[C@@]3(C)C(=CC[C@H]4[C@H]5C[C@@H](O)[C@H]([C@H](C)O[C@@H]6O[C@H](C)[C@@H](O)[C@@H](O)[C@H]6O[C@@H]6O[C@H](CO[C@@H]7O[C@H](CO)[C@@H](O)[C@H](O)[C@H]7O)[C@@H](O)[C@H](O)[C@H]6O)[C@@]5(C)CC[C@@H]43)C2)O[C@H](C)[C@H]1O[C@@H]1O[C@H](C)[C@@H](O)[C@@H](O)[C@@H]1OC(C)=O. The van der Waals surface area contributed by atoms with Crippen LogP contribution in [0.25, 0.3) is 0 Å². The van der Waals surface area contributed by atoms with Crippen molar-refractivity contribution in [2.75, 3.05) is 20.3 Å². The second-order valence-corrected chi connectivity index (χ2v) is 24.5. The second-order valence-electron chi connectivity index (χ2n) is 24.5. The van der Waals surface area contributed by atoms with Gasteiger partial charge in [-0.1, -0.05) is 25.5 Å². The summed E-state index contributed by atoms with van der Waals surface area (Å²) in [6.45, 7) is 11.2. The van der Waals surface area contributed by atoms with E-state index in [4.69, 9.17) is 56.8 Å². The summed E-state index contributed by atoms with van der Waals surface area (Å²) in [7, 11) is 1.57. The summed E-state index contributed by atoms with van der Waals surface area (Å²) in [5.41, 5.74) is 0.865. The molecule has 8 fully saturated rings. The molecule has 0 aromatic heterocycles. The second kappa shape index (κ2) is 24.7. The molecule has 9 rings (SSSR count). The first-order valence-corrected chi connectivity index (χ1v) is 28.3. The third-order valence-corrected chi connectivity index (χ3v) is 19.7. The maximum atomic E-state index is 12.1. The van der Waals surface area contributed by atoms with Gasteiger partial charge < -0.3 is 118 Å². The number of carbonyl (C=O) groups excluding carboxylic acids is 1. The molecular weight excluding hydrogens is 1050 g/mol. The molecular formula is C54H88O25. The van der Waals surface area contributed by atoms with E-state index >= 15 is 0 Å². The van der Waals surface area contributed by atoms with Crippen LogP contribution in [0.1, 0.15) is 99.8 Å². The molecule has 9 aliphatic rings.